The first-order valence-electron chi connectivity index (χ1n) is 8.86. The van der Waals surface area contributed by atoms with Gasteiger partial charge in [-0.3, -0.25) is 14.4 Å². The molecule has 2 aromatic rings. The molecule has 2 saturated heterocycles. The first-order valence-corrected chi connectivity index (χ1v) is 8.86. The van der Waals surface area contributed by atoms with Crippen molar-refractivity contribution in [1.29, 1.82) is 0 Å². The number of aromatic nitrogens is 3. The number of carbonyl (C=O) groups is 1. The van der Waals surface area contributed by atoms with E-state index in [1.165, 1.54) is 5.56 Å². The zero-order chi connectivity index (χ0) is 17.2. The Balaban J connectivity index is 1.22. The number of anilines is 1. The minimum atomic E-state index is 0.232. The Morgan fingerprint density at radius 2 is 2.00 bits per heavy atom. The molecule has 2 fully saturated rings. The summed E-state index contributed by atoms with van der Waals surface area (Å²) in [7, 11) is 0. The lowest BCUT2D eigenvalue weighted by Gasteiger charge is -2.41. The molecule has 2 aromatic heterocycles. The predicted molar refractivity (Wildman–Crippen MR) is 95.5 cm³/mol. The standard InChI is InChI=1S/C18H24N6O/c1-15-10-20-24(11-15)16-12-21(13-16)14-18(25)23-8-6-22(7-9-23)17-4-2-3-5-19-17/h2-5,10-11,16H,6-9,12-14H2,1H3. The van der Waals surface area contributed by atoms with E-state index in [-0.39, 0.29) is 5.91 Å². The van der Waals surface area contributed by atoms with Crippen molar-refractivity contribution in [2.45, 2.75) is 13.0 Å². The molecule has 2 aliphatic heterocycles. The molecular weight excluding hydrogens is 316 g/mol. The van der Waals surface area contributed by atoms with E-state index in [1.54, 1.807) is 0 Å². The number of carbonyl (C=O) groups excluding carboxylic acids is 1. The largest absolute Gasteiger partial charge is 0.353 e. The number of pyridine rings is 1. The molecule has 132 valence electrons. The third-order valence-corrected chi connectivity index (χ3v) is 5.01. The van der Waals surface area contributed by atoms with Crippen molar-refractivity contribution >= 4 is 11.7 Å². The van der Waals surface area contributed by atoms with Crippen LogP contribution < -0.4 is 4.90 Å². The third-order valence-electron chi connectivity index (χ3n) is 5.01. The van der Waals surface area contributed by atoms with Crippen molar-refractivity contribution in [2.24, 2.45) is 0 Å². The van der Waals surface area contributed by atoms with Crippen molar-refractivity contribution in [3.05, 3.63) is 42.4 Å². The van der Waals surface area contributed by atoms with E-state index in [1.807, 2.05) is 47.1 Å². The summed E-state index contributed by atoms with van der Waals surface area (Å²) >= 11 is 0. The predicted octanol–water partition coefficient (Wildman–Crippen LogP) is 0.792. The van der Waals surface area contributed by atoms with Crippen LogP contribution in [0.3, 0.4) is 0 Å². The highest BCUT2D eigenvalue weighted by molar-refractivity contribution is 5.78. The fourth-order valence-electron chi connectivity index (χ4n) is 3.49. The van der Waals surface area contributed by atoms with E-state index in [0.717, 1.165) is 45.1 Å². The maximum Gasteiger partial charge on any atom is 0.236 e. The van der Waals surface area contributed by atoms with Gasteiger partial charge in [0, 0.05) is 51.7 Å². The van der Waals surface area contributed by atoms with Crippen LogP contribution in [0.25, 0.3) is 0 Å². The van der Waals surface area contributed by atoms with Gasteiger partial charge >= 0.3 is 0 Å². The molecule has 0 saturated carbocycles. The van der Waals surface area contributed by atoms with Crippen LogP contribution in [-0.2, 0) is 4.79 Å². The van der Waals surface area contributed by atoms with Crippen LogP contribution in [0, 0.1) is 6.92 Å². The van der Waals surface area contributed by atoms with E-state index in [2.05, 4.69) is 26.1 Å². The summed E-state index contributed by atoms with van der Waals surface area (Å²) in [5.74, 6) is 1.23. The second-order valence-corrected chi connectivity index (χ2v) is 6.90. The molecule has 4 rings (SSSR count). The molecule has 0 aliphatic carbocycles. The Labute approximate surface area is 147 Å². The molecule has 7 heteroatoms. The Kier molecular flexibility index (Phi) is 4.40. The molecule has 0 unspecified atom stereocenters. The molecule has 2 aliphatic rings. The zero-order valence-electron chi connectivity index (χ0n) is 14.6. The maximum atomic E-state index is 12.5. The van der Waals surface area contributed by atoms with Crippen LogP contribution in [0.5, 0.6) is 0 Å². The summed E-state index contributed by atoms with van der Waals surface area (Å²) < 4.78 is 2.02. The summed E-state index contributed by atoms with van der Waals surface area (Å²) in [5, 5.41) is 4.36. The van der Waals surface area contributed by atoms with Crippen molar-refractivity contribution in [1.82, 2.24) is 24.6 Å². The van der Waals surface area contributed by atoms with Gasteiger partial charge in [0.25, 0.3) is 0 Å². The average molecular weight is 340 g/mol. The Hall–Kier alpha value is -2.41. The van der Waals surface area contributed by atoms with Crippen LogP contribution in [0.15, 0.2) is 36.8 Å². The number of nitrogens with zero attached hydrogens (tertiary/aromatic N) is 6. The van der Waals surface area contributed by atoms with E-state index in [0.29, 0.717) is 12.6 Å². The van der Waals surface area contributed by atoms with Gasteiger partial charge < -0.3 is 9.80 Å². The van der Waals surface area contributed by atoms with Crippen molar-refractivity contribution in [3.8, 4) is 0 Å². The van der Waals surface area contributed by atoms with Gasteiger partial charge in [0.15, 0.2) is 0 Å². The quantitative estimate of drug-likeness (QED) is 0.824. The summed E-state index contributed by atoms with van der Waals surface area (Å²) in [6.45, 7) is 7.60. The van der Waals surface area contributed by atoms with Crippen LogP contribution in [0.2, 0.25) is 0 Å². The molecule has 0 bridgehead atoms. The van der Waals surface area contributed by atoms with Gasteiger partial charge in [-0.25, -0.2) is 4.98 Å². The van der Waals surface area contributed by atoms with Crippen molar-refractivity contribution in [2.75, 3.05) is 50.7 Å². The summed E-state index contributed by atoms with van der Waals surface area (Å²) in [6.07, 6.45) is 5.77. The fraction of sp³-hybridized carbons (Fsp3) is 0.500. The Bertz CT molecular complexity index is 716. The minimum absolute atomic E-state index is 0.232. The van der Waals surface area contributed by atoms with Gasteiger partial charge in [0.1, 0.15) is 5.82 Å². The third kappa shape index (κ3) is 3.51. The van der Waals surface area contributed by atoms with Gasteiger partial charge in [0.2, 0.25) is 5.91 Å². The van der Waals surface area contributed by atoms with E-state index in [9.17, 15) is 4.79 Å². The normalized spacial score (nSPS) is 19.1. The minimum Gasteiger partial charge on any atom is -0.353 e. The molecule has 0 radical (unpaired) electrons. The number of hydrogen-bond acceptors (Lipinski definition) is 5. The highest BCUT2D eigenvalue weighted by atomic mass is 16.2. The van der Waals surface area contributed by atoms with Gasteiger partial charge in [-0.1, -0.05) is 6.07 Å². The first kappa shape index (κ1) is 16.1. The molecule has 0 atom stereocenters. The number of amides is 1. The van der Waals surface area contributed by atoms with Crippen molar-refractivity contribution < 1.29 is 4.79 Å². The van der Waals surface area contributed by atoms with Gasteiger partial charge in [0.05, 0.1) is 18.8 Å². The van der Waals surface area contributed by atoms with Crippen LogP contribution in [-0.4, -0.2) is 76.3 Å². The second kappa shape index (κ2) is 6.84. The average Bonchev–Trinajstić information content (AvgIpc) is 3.04. The highest BCUT2D eigenvalue weighted by Gasteiger charge is 2.31. The number of aryl methyl sites for hydroxylation is 1. The highest BCUT2D eigenvalue weighted by Crippen LogP contribution is 2.21. The topological polar surface area (TPSA) is 57.5 Å². The molecular formula is C18H24N6O. The molecule has 25 heavy (non-hydrogen) atoms. The molecule has 0 aromatic carbocycles. The molecule has 1 amide bonds. The van der Waals surface area contributed by atoms with E-state index >= 15 is 0 Å². The summed E-state index contributed by atoms with van der Waals surface area (Å²) in [6, 6.07) is 6.35. The van der Waals surface area contributed by atoms with Crippen LogP contribution in [0.4, 0.5) is 5.82 Å². The van der Waals surface area contributed by atoms with Gasteiger partial charge in [-0.05, 0) is 24.6 Å². The second-order valence-electron chi connectivity index (χ2n) is 6.90. The number of piperazine rings is 1. The monoisotopic (exact) mass is 340 g/mol. The smallest absolute Gasteiger partial charge is 0.236 e. The Morgan fingerprint density at radius 3 is 2.64 bits per heavy atom. The summed E-state index contributed by atoms with van der Waals surface area (Å²) in [4.78, 5) is 23.3. The zero-order valence-corrected chi connectivity index (χ0v) is 14.6. The van der Waals surface area contributed by atoms with Crippen LogP contribution in [0.1, 0.15) is 11.6 Å². The SMILES string of the molecule is Cc1cnn(C2CN(CC(=O)N3CCN(c4ccccn4)CC3)C2)c1. The molecule has 4 heterocycles. The molecule has 0 N–H and O–H groups in total. The van der Waals surface area contributed by atoms with Crippen molar-refractivity contribution in [3.63, 3.8) is 0 Å². The van der Waals surface area contributed by atoms with Gasteiger partial charge in [-0.15, -0.1) is 0 Å². The molecule has 0 spiro atoms. The lowest BCUT2D eigenvalue weighted by Crippen LogP contribution is -2.55. The lowest BCUT2D eigenvalue weighted by molar-refractivity contribution is -0.134. The van der Waals surface area contributed by atoms with Gasteiger partial charge in [-0.2, -0.15) is 5.10 Å². The lowest BCUT2D eigenvalue weighted by atomic mass is 10.1. The maximum absolute atomic E-state index is 12.5. The van der Waals surface area contributed by atoms with Crippen LogP contribution >= 0.6 is 0 Å². The van der Waals surface area contributed by atoms with E-state index < -0.39 is 0 Å². The summed E-state index contributed by atoms with van der Waals surface area (Å²) in [5.41, 5.74) is 1.18. The fourth-order valence-corrected chi connectivity index (χ4v) is 3.49. The number of rotatable bonds is 4. The first-order chi connectivity index (χ1) is 12.2. The Morgan fingerprint density at radius 1 is 1.20 bits per heavy atom. The van der Waals surface area contributed by atoms with E-state index in [4.69, 9.17) is 0 Å². The molecule has 7 nitrogen and oxygen atoms in total. The number of likely N-dealkylation sites (tertiary alicyclic amines) is 1. The number of hydrogen-bond donors (Lipinski definition) is 0.